The first-order chi connectivity index (χ1) is 6.25. The SMILES string of the molecule is C=CCNC(=O)C1CCCCN1C. The monoisotopic (exact) mass is 182 g/mol. The molecule has 0 saturated carbocycles. The molecule has 1 amide bonds. The molecule has 1 N–H and O–H groups in total. The number of nitrogens with zero attached hydrogens (tertiary/aromatic N) is 1. The molecule has 1 aliphatic heterocycles. The van der Waals surface area contributed by atoms with Gasteiger partial charge in [-0.2, -0.15) is 0 Å². The van der Waals surface area contributed by atoms with Crippen LogP contribution in [0.5, 0.6) is 0 Å². The number of amides is 1. The molecule has 1 rings (SSSR count). The van der Waals surface area contributed by atoms with E-state index in [1.807, 2.05) is 7.05 Å². The minimum atomic E-state index is 0.0775. The van der Waals surface area contributed by atoms with Crippen molar-refractivity contribution in [2.75, 3.05) is 20.1 Å². The first-order valence-corrected chi connectivity index (χ1v) is 4.84. The summed E-state index contributed by atoms with van der Waals surface area (Å²) in [5.41, 5.74) is 0. The van der Waals surface area contributed by atoms with Gasteiger partial charge in [-0.25, -0.2) is 0 Å². The lowest BCUT2D eigenvalue weighted by Gasteiger charge is -2.31. The molecule has 74 valence electrons. The smallest absolute Gasteiger partial charge is 0.237 e. The number of hydrogen-bond donors (Lipinski definition) is 1. The van der Waals surface area contributed by atoms with E-state index in [1.54, 1.807) is 6.08 Å². The standard InChI is InChI=1S/C10H18N2O/c1-3-7-11-10(13)9-6-4-5-8-12(9)2/h3,9H,1,4-8H2,2H3,(H,11,13). The minimum Gasteiger partial charge on any atom is -0.351 e. The van der Waals surface area contributed by atoms with Gasteiger partial charge in [-0.3, -0.25) is 9.69 Å². The van der Waals surface area contributed by atoms with Crippen molar-refractivity contribution in [3.05, 3.63) is 12.7 Å². The zero-order valence-corrected chi connectivity index (χ0v) is 8.25. The van der Waals surface area contributed by atoms with Crippen molar-refractivity contribution in [1.82, 2.24) is 10.2 Å². The number of likely N-dealkylation sites (tertiary alicyclic amines) is 1. The van der Waals surface area contributed by atoms with Crippen LogP contribution in [0.25, 0.3) is 0 Å². The fourth-order valence-electron chi connectivity index (χ4n) is 1.70. The predicted molar refractivity (Wildman–Crippen MR) is 53.5 cm³/mol. The molecule has 13 heavy (non-hydrogen) atoms. The van der Waals surface area contributed by atoms with Gasteiger partial charge in [0.1, 0.15) is 0 Å². The third kappa shape index (κ3) is 2.84. The lowest BCUT2D eigenvalue weighted by Crippen LogP contribution is -2.47. The Bertz CT molecular complexity index is 191. The molecule has 0 aromatic heterocycles. The quantitative estimate of drug-likeness (QED) is 0.654. The van der Waals surface area contributed by atoms with Gasteiger partial charge >= 0.3 is 0 Å². The maximum absolute atomic E-state index is 11.6. The lowest BCUT2D eigenvalue weighted by atomic mass is 10.0. The molecule has 1 fully saturated rings. The van der Waals surface area contributed by atoms with Gasteiger partial charge in [0, 0.05) is 6.54 Å². The van der Waals surface area contributed by atoms with Crippen LogP contribution in [0.3, 0.4) is 0 Å². The second kappa shape index (κ2) is 5.02. The number of nitrogens with one attached hydrogen (secondary N) is 1. The molecule has 0 aromatic carbocycles. The van der Waals surface area contributed by atoms with Gasteiger partial charge in [0.15, 0.2) is 0 Å². The van der Waals surface area contributed by atoms with Gasteiger partial charge in [0.05, 0.1) is 6.04 Å². The second-order valence-electron chi connectivity index (χ2n) is 3.53. The van der Waals surface area contributed by atoms with Crippen molar-refractivity contribution in [3.63, 3.8) is 0 Å². The maximum Gasteiger partial charge on any atom is 0.237 e. The van der Waals surface area contributed by atoms with E-state index < -0.39 is 0 Å². The van der Waals surface area contributed by atoms with E-state index in [4.69, 9.17) is 0 Å². The van der Waals surface area contributed by atoms with Gasteiger partial charge in [-0.05, 0) is 26.4 Å². The molecule has 0 bridgehead atoms. The molecular weight excluding hydrogens is 164 g/mol. The number of hydrogen-bond acceptors (Lipinski definition) is 2. The molecule has 0 radical (unpaired) electrons. The summed E-state index contributed by atoms with van der Waals surface area (Å²) in [6, 6.07) is 0.0775. The van der Waals surface area contributed by atoms with E-state index in [2.05, 4.69) is 16.8 Å². The molecule has 1 heterocycles. The van der Waals surface area contributed by atoms with Gasteiger partial charge < -0.3 is 5.32 Å². The maximum atomic E-state index is 11.6. The largest absolute Gasteiger partial charge is 0.351 e. The highest BCUT2D eigenvalue weighted by Gasteiger charge is 2.24. The van der Waals surface area contributed by atoms with E-state index in [9.17, 15) is 4.79 Å². The second-order valence-corrected chi connectivity index (χ2v) is 3.53. The fourth-order valence-corrected chi connectivity index (χ4v) is 1.70. The van der Waals surface area contributed by atoms with Crippen LogP contribution < -0.4 is 5.32 Å². The highest BCUT2D eigenvalue weighted by atomic mass is 16.2. The summed E-state index contributed by atoms with van der Waals surface area (Å²) in [5.74, 6) is 0.141. The van der Waals surface area contributed by atoms with Crippen molar-refractivity contribution in [2.45, 2.75) is 25.3 Å². The van der Waals surface area contributed by atoms with Crippen LogP contribution in [0, 0.1) is 0 Å². The lowest BCUT2D eigenvalue weighted by molar-refractivity contribution is -0.126. The van der Waals surface area contributed by atoms with Crippen molar-refractivity contribution in [3.8, 4) is 0 Å². The van der Waals surface area contributed by atoms with Crippen LogP contribution in [-0.2, 0) is 4.79 Å². The number of likely N-dealkylation sites (N-methyl/N-ethyl adjacent to an activating group) is 1. The zero-order valence-electron chi connectivity index (χ0n) is 8.25. The molecule has 1 aliphatic rings. The third-order valence-corrected chi connectivity index (χ3v) is 2.49. The molecule has 3 heteroatoms. The zero-order chi connectivity index (χ0) is 9.68. The summed E-state index contributed by atoms with van der Waals surface area (Å²) in [4.78, 5) is 13.7. The van der Waals surface area contributed by atoms with Crippen LogP contribution in [-0.4, -0.2) is 37.0 Å². The van der Waals surface area contributed by atoms with E-state index >= 15 is 0 Å². The molecule has 0 aromatic rings. The highest BCUT2D eigenvalue weighted by Crippen LogP contribution is 2.14. The summed E-state index contributed by atoms with van der Waals surface area (Å²) in [7, 11) is 2.01. The number of carbonyl (C=O) groups excluding carboxylic acids is 1. The Kier molecular flexibility index (Phi) is 3.96. The van der Waals surface area contributed by atoms with E-state index in [0.29, 0.717) is 6.54 Å². The summed E-state index contributed by atoms with van der Waals surface area (Å²) >= 11 is 0. The number of carbonyl (C=O) groups is 1. The first kappa shape index (κ1) is 10.3. The molecule has 0 aliphatic carbocycles. The normalized spacial score (nSPS) is 23.9. The Morgan fingerprint density at radius 3 is 3.08 bits per heavy atom. The average Bonchev–Trinajstić information content (AvgIpc) is 2.15. The Balaban J connectivity index is 2.39. The number of piperidine rings is 1. The van der Waals surface area contributed by atoms with Crippen molar-refractivity contribution < 1.29 is 4.79 Å². The molecule has 1 atom stereocenters. The molecular formula is C10H18N2O. The summed E-state index contributed by atoms with van der Waals surface area (Å²) < 4.78 is 0. The Hall–Kier alpha value is -0.830. The summed E-state index contributed by atoms with van der Waals surface area (Å²) in [6.07, 6.45) is 5.07. The van der Waals surface area contributed by atoms with Gasteiger partial charge in [-0.15, -0.1) is 6.58 Å². The Morgan fingerprint density at radius 2 is 2.46 bits per heavy atom. The van der Waals surface area contributed by atoms with Crippen molar-refractivity contribution in [1.29, 1.82) is 0 Å². The van der Waals surface area contributed by atoms with E-state index in [1.165, 1.54) is 6.42 Å². The molecule has 1 saturated heterocycles. The van der Waals surface area contributed by atoms with Gasteiger partial charge in [0.2, 0.25) is 5.91 Å². The van der Waals surface area contributed by atoms with Crippen LogP contribution in [0.1, 0.15) is 19.3 Å². The molecule has 3 nitrogen and oxygen atoms in total. The summed E-state index contributed by atoms with van der Waals surface area (Å²) in [6.45, 7) is 5.17. The van der Waals surface area contributed by atoms with E-state index in [-0.39, 0.29) is 11.9 Å². The van der Waals surface area contributed by atoms with Gasteiger partial charge in [0.25, 0.3) is 0 Å². The van der Waals surface area contributed by atoms with Crippen LogP contribution in [0.4, 0.5) is 0 Å². The first-order valence-electron chi connectivity index (χ1n) is 4.84. The topological polar surface area (TPSA) is 32.3 Å². The van der Waals surface area contributed by atoms with Crippen molar-refractivity contribution in [2.24, 2.45) is 0 Å². The Morgan fingerprint density at radius 1 is 1.69 bits per heavy atom. The third-order valence-electron chi connectivity index (χ3n) is 2.49. The highest BCUT2D eigenvalue weighted by molar-refractivity contribution is 5.81. The minimum absolute atomic E-state index is 0.0775. The summed E-state index contributed by atoms with van der Waals surface area (Å²) in [5, 5.41) is 2.83. The van der Waals surface area contributed by atoms with Crippen LogP contribution in [0.15, 0.2) is 12.7 Å². The van der Waals surface area contributed by atoms with Crippen LogP contribution >= 0.6 is 0 Å². The van der Waals surface area contributed by atoms with Crippen LogP contribution in [0.2, 0.25) is 0 Å². The average molecular weight is 182 g/mol. The number of rotatable bonds is 3. The van der Waals surface area contributed by atoms with Gasteiger partial charge in [-0.1, -0.05) is 12.5 Å². The van der Waals surface area contributed by atoms with Crippen molar-refractivity contribution >= 4 is 5.91 Å². The molecule has 1 unspecified atom stereocenters. The Labute approximate surface area is 79.8 Å². The predicted octanol–water partition coefficient (Wildman–Crippen LogP) is 0.773. The fraction of sp³-hybridized carbons (Fsp3) is 0.700. The molecule has 0 spiro atoms. The van der Waals surface area contributed by atoms with E-state index in [0.717, 1.165) is 19.4 Å².